The van der Waals surface area contributed by atoms with E-state index in [0.717, 1.165) is 24.9 Å². The molecule has 7 heteroatoms. The number of ether oxygens (including phenoxy) is 1. The van der Waals surface area contributed by atoms with Crippen LogP contribution in [-0.4, -0.2) is 36.5 Å². The van der Waals surface area contributed by atoms with Crippen LogP contribution in [0, 0.1) is 11.7 Å². The number of halogens is 2. The number of esters is 1. The first kappa shape index (κ1) is 21.3. The quantitative estimate of drug-likeness (QED) is 0.701. The molecular formula is C22H24ClFN2O3. The van der Waals surface area contributed by atoms with Gasteiger partial charge < -0.3 is 10.1 Å². The minimum absolute atomic E-state index is 0.0752. The van der Waals surface area contributed by atoms with Gasteiger partial charge in [0.2, 0.25) is 5.91 Å². The van der Waals surface area contributed by atoms with Gasteiger partial charge in [-0.25, -0.2) is 9.18 Å². The van der Waals surface area contributed by atoms with Crippen LogP contribution < -0.4 is 5.32 Å². The van der Waals surface area contributed by atoms with Crippen LogP contribution in [0.2, 0.25) is 5.02 Å². The lowest BCUT2D eigenvalue weighted by molar-refractivity contribution is -0.121. The van der Waals surface area contributed by atoms with Crippen LogP contribution in [-0.2, 0) is 16.1 Å². The van der Waals surface area contributed by atoms with Gasteiger partial charge >= 0.3 is 5.97 Å². The number of carbonyl (C=O) groups excluding carboxylic acids is 2. The molecule has 3 rings (SSSR count). The molecule has 0 bridgehead atoms. The second-order valence-electron chi connectivity index (χ2n) is 7.11. The van der Waals surface area contributed by atoms with Gasteiger partial charge in [-0.2, -0.15) is 0 Å². The third kappa shape index (κ3) is 5.78. The van der Waals surface area contributed by atoms with Crippen molar-refractivity contribution >= 4 is 29.2 Å². The van der Waals surface area contributed by atoms with E-state index in [1.807, 2.05) is 0 Å². The van der Waals surface area contributed by atoms with Crippen molar-refractivity contribution in [3.63, 3.8) is 0 Å². The van der Waals surface area contributed by atoms with Crippen molar-refractivity contribution in [2.24, 2.45) is 5.92 Å². The van der Waals surface area contributed by atoms with E-state index in [2.05, 4.69) is 10.2 Å². The number of rotatable bonds is 6. The highest BCUT2D eigenvalue weighted by Gasteiger charge is 2.26. The summed E-state index contributed by atoms with van der Waals surface area (Å²) in [7, 11) is 0. The molecule has 154 valence electrons. The van der Waals surface area contributed by atoms with Crippen LogP contribution in [0.15, 0.2) is 42.5 Å². The van der Waals surface area contributed by atoms with Crippen LogP contribution in [0.1, 0.15) is 35.7 Å². The summed E-state index contributed by atoms with van der Waals surface area (Å²) >= 11 is 6.17. The number of carbonyl (C=O) groups is 2. The number of amides is 1. The van der Waals surface area contributed by atoms with E-state index in [1.165, 1.54) is 12.1 Å². The van der Waals surface area contributed by atoms with Gasteiger partial charge in [-0.1, -0.05) is 23.7 Å². The second-order valence-corrected chi connectivity index (χ2v) is 7.51. The number of piperidine rings is 1. The molecule has 5 nitrogen and oxygen atoms in total. The number of anilines is 1. The maximum absolute atomic E-state index is 13.1. The molecule has 1 saturated heterocycles. The van der Waals surface area contributed by atoms with Crippen molar-refractivity contribution < 1.29 is 18.7 Å². The zero-order valence-corrected chi connectivity index (χ0v) is 17.0. The van der Waals surface area contributed by atoms with Gasteiger partial charge in [0.25, 0.3) is 0 Å². The van der Waals surface area contributed by atoms with E-state index in [-0.39, 0.29) is 34.8 Å². The molecule has 1 N–H and O–H groups in total. The summed E-state index contributed by atoms with van der Waals surface area (Å²) < 4.78 is 18.0. The van der Waals surface area contributed by atoms with Crippen molar-refractivity contribution in [3.8, 4) is 0 Å². The molecule has 1 heterocycles. The molecule has 2 aromatic carbocycles. The number of likely N-dealkylation sites (tertiary alicyclic amines) is 1. The first-order valence-corrected chi connectivity index (χ1v) is 10.1. The molecule has 2 aromatic rings. The van der Waals surface area contributed by atoms with Gasteiger partial charge in [-0.05, 0) is 62.2 Å². The van der Waals surface area contributed by atoms with E-state index in [0.29, 0.717) is 18.8 Å². The molecule has 1 amide bonds. The molecule has 0 aliphatic carbocycles. The summed E-state index contributed by atoms with van der Waals surface area (Å²) in [5.41, 5.74) is 1.84. The molecule has 0 spiro atoms. The first-order chi connectivity index (χ1) is 14.0. The fraction of sp³-hybridized carbons (Fsp3) is 0.364. The fourth-order valence-corrected chi connectivity index (χ4v) is 3.73. The molecule has 0 aromatic heterocycles. The van der Waals surface area contributed by atoms with Crippen molar-refractivity contribution in [3.05, 3.63) is 64.4 Å². The van der Waals surface area contributed by atoms with Crippen molar-refractivity contribution in [2.45, 2.75) is 26.3 Å². The van der Waals surface area contributed by atoms with Crippen LogP contribution in [0.25, 0.3) is 0 Å². The van der Waals surface area contributed by atoms with Gasteiger partial charge in [-0.3, -0.25) is 9.69 Å². The molecule has 1 aliphatic heterocycles. The Balaban J connectivity index is 1.59. The second kappa shape index (κ2) is 9.85. The molecule has 1 atom stereocenters. The fourth-order valence-electron chi connectivity index (χ4n) is 3.47. The minimum atomic E-state index is -0.487. The van der Waals surface area contributed by atoms with Gasteiger partial charge in [0.1, 0.15) is 5.82 Å². The van der Waals surface area contributed by atoms with Crippen molar-refractivity contribution in [1.29, 1.82) is 0 Å². The summed E-state index contributed by atoms with van der Waals surface area (Å²) in [4.78, 5) is 26.8. The first-order valence-electron chi connectivity index (χ1n) is 9.70. The molecule has 0 saturated carbocycles. The third-order valence-corrected chi connectivity index (χ3v) is 5.24. The average molecular weight is 419 g/mol. The molecular weight excluding hydrogens is 395 g/mol. The molecule has 1 aliphatic rings. The number of hydrogen-bond acceptors (Lipinski definition) is 4. The zero-order valence-electron chi connectivity index (χ0n) is 16.3. The third-order valence-electron chi connectivity index (χ3n) is 4.93. The maximum Gasteiger partial charge on any atom is 0.339 e. The number of nitrogens with zero attached hydrogens (tertiary/aromatic N) is 1. The Bertz CT molecular complexity index is 873. The molecule has 1 fully saturated rings. The summed E-state index contributed by atoms with van der Waals surface area (Å²) in [5, 5.41) is 3.13. The van der Waals surface area contributed by atoms with E-state index < -0.39 is 5.97 Å². The summed E-state index contributed by atoms with van der Waals surface area (Å²) in [6, 6.07) is 11.2. The van der Waals surface area contributed by atoms with Crippen molar-refractivity contribution in [2.75, 3.05) is 25.0 Å². The number of hydrogen-bond donors (Lipinski definition) is 1. The lowest BCUT2D eigenvalue weighted by Crippen LogP contribution is -2.40. The van der Waals surface area contributed by atoms with E-state index in [9.17, 15) is 14.0 Å². The highest BCUT2D eigenvalue weighted by Crippen LogP contribution is 2.24. The van der Waals surface area contributed by atoms with Gasteiger partial charge in [-0.15, -0.1) is 0 Å². The highest BCUT2D eigenvalue weighted by molar-refractivity contribution is 6.34. The average Bonchev–Trinajstić information content (AvgIpc) is 2.70. The molecule has 0 unspecified atom stereocenters. The topological polar surface area (TPSA) is 58.6 Å². The smallest absolute Gasteiger partial charge is 0.339 e. The predicted molar refractivity (Wildman–Crippen MR) is 110 cm³/mol. The SMILES string of the molecule is CCOC(=O)c1ccc(NC(=O)[C@@H]2CCCN(Cc3ccc(F)cc3)C2)cc1Cl. The van der Waals surface area contributed by atoms with E-state index in [4.69, 9.17) is 16.3 Å². The Morgan fingerprint density at radius 1 is 1.24 bits per heavy atom. The monoisotopic (exact) mass is 418 g/mol. The van der Waals surface area contributed by atoms with Gasteiger partial charge in [0.05, 0.1) is 23.1 Å². The zero-order chi connectivity index (χ0) is 20.8. The lowest BCUT2D eigenvalue weighted by Gasteiger charge is -2.32. The summed E-state index contributed by atoms with van der Waals surface area (Å²) in [6.07, 6.45) is 1.72. The Labute approximate surface area is 174 Å². The molecule has 29 heavy (non-hydrogen) atoms. The minimum Gasteiger partial charge on any atom is -0.462 e. The maximum atomic E-state index is 13.1. The van der Waals surface area contributed by atoms with Crippen LogP contribution in [0.3, 0.4) is 0 Å². The summed E-state index contributed by atoms with van der Waals surface area (Å²) in [5.74, 6) is -0.960. The Morgan fingerprint density at radius 2 is 2.00 bits per heavy atom. The van der Waals surface area contributed by atoms with E-state index >= 15 is 0 Å². The largest absolute Gasteiger partial charge is 0.462 e. The van der Waals surface area contributed by atoms with Crippen molar-refractivity contribution in [1.82, 2.24) is 4.90 Å². The van der Waals surface area contributed by atoms with Gasteiger partial charge in [0, 0.05) is 18.8 Å². The number of nitrogens with one attached hydrogen (secondary N) is 1. The van der Waals surface area contributed by atoms with E-state index in [1.54, 1.807) is 37.3 Å². The molecule has 0 radical (unpaired) electrons. The Kier molecular flexibility index (Phi) is 7.23. The normalized spacial score (nSPS) is 17.0. The van der Waals surface area contributed by atoms with Crippen LogP contribution in [0.5, 0.6) is 0 Å². The summed E-state index contributed by atoms with van der Waals surface area (Å²) in [6.45, 7) is 4.22. The van der Waals surface area contributed by atoms with Crippen LogP contribution >= 0.6 is 11.6 Å². The Morgan fingerprint density at radius 3 is 2.69 bits per heavy atom. The highest BCUT2D eigenvalue weighted by atomic mass is 35.5. The standard InChI is InChI=1S/C22H24ClFN2O3/c1-2-29-22(28)19-10-9-18(12-20(19)23)25-21(27)16-4-3-11-26(14-16)13-15-5-7-17(24)8-6-15/h5-10,12,16H,2-4,11,13-14H2,1H3,(H,25,27)/t16-/m1/s1. The number of benzene rings is 2. The predicted octanol–water partition coefficient (Wildman–Crippen LogP) is 4.51. The lowest BCUT2D eigenvalue weighted by atomic mass is 9.96. The Hall–Kier alpha value is -2.44. The van der Waals surface area contributed by atoms with Gasteiger partial charge in [0.15, 0.2) is 0 Å². The van der Waals surface area contributed by atoms with Crippen LogP contribution in [0.4, 0.5) is 10.1 Å².